The van der Waals surface area contributed by atoms with Crippen molar-refractivity contribution in [2.45, 2.75) is 50.0 Å². The lowest BCUT2D eigenvalue weighted by molar-refractivity contribution is -0.129. The van der Waals surface area contributed by atoms with Crippen LogP contribution in [0.4, 0.5) is 10.5 Å². The van der Waals surface area contributed by atoms with Gasteiger partial charge >= 0.3 is 6.03 Å². The first-order valence-electron chi connectivity index (χ1n) is 9.05. The van der Waals surface area contributed by atoms with Gasteiger partial charge in [-0.2, -0.15) is 5.06 Å². The van der Waals surface area contributed by atoms with E-state index < -0.39 is 0 Å². The predicted molar refractivity (Wildman–Crippen MR) is 95.7 cm³/mol. The molecule has 25 heavy (non-hydrogen) atoms. The van der Waals surface area contributed by atoms with Gasteiger partial charge in [-0.1, -0.05) is 18.2 Å². The highest BCUT2D eigenvalue weighted by molar-refractivity contribution is 5.92. The van der Waals surface area contributed by atoms with Crippen molar-refractivity contribution in [3.05, 3.63) is 29.8 Å². The van der Waals surface area contributed by atoms with Crippen LogP contribution in [0.2, 0.25) is 0 Å². The van der Waals surface area contributed by atoms with Crippen LogP contribution in [0.1, 0.15) is 37.5 Å². The minimum atomic E-state index is -0.382. The molecule has 3 N–H and O–H groups in total. The Morgan fingerprint density at radius 2 is 1.92 bits per heavy atom. The second-order valence-electron chi connectivity index (χ2n) is 7.42. The number of benzene rings is 1. The number of hydroxylamine groups is 2. The summed E-state index contributed by atoms with van der Waals surface area (Å²) in [6.45, 7) is 0.647. The molecule has 4 atom stereocenters. The number of hydrogen-bond donors (Lipinski definition) is 2. The number of carbonyl (C=O) groups is 1. The van der Waals surface area contributed by atoms with E-state index in [4.69, 9.17) is 10.6 Å². The molecule has 2 bridgehead atoms. The number of rotatable bonds is 3. The molecular weight excluding hydrogens is 318 g/mol. The number of carbonyl (C=O) groups excluding carboxylic acids is 1. The van der Waals surface area contributed by atoms with Crippen LogP contribution < -0.4 is 16.0 Å². The van der Waals surface area contributed by atoms with Gasteiger partial charge in [-0.3, -0.25) is 15.1 Å². The number of piperidine rings is 1. The second kappa shape index (κ2) is 6.57. The zero-order valence-electron chi connectivity index (χ0n) is 14.9. The van der Waals surface area contributed by atoms with Gasteiger partial charge in [0.25, 0.3) is 0 Å². The highest BCUT2D eigenvalue weighted by atomic mass is 16.7. The summed E-state index contributed by atoms with van der Waals surface area (Å²) in [5.74, 6) is 0. The molecule has 1 aromatic rings. The van der Waals surface area contributed by atoms with Crippen molar-refractivity contribution in [3.63, 3.8) is 0 Å². The fourth-order valence-corrected chi connectivity index (χ4v) is 4.65. The van der Waals surface area contributed by atoms with E-state index in [-0.39, 0.29) is 18.3 Å². The summed E-state index contributed by atoms with van der Waals surface area (Å²) < 4.78 is 0. The summed E-state index contributed by atoms with van der Waals surface area (Å²) in [4.78, 5) is 22.5. The van der Waals surface area contributed by atoms with Gasteiger partial charge < -0.3 is 10.6 Å². The lowest BCUT2D eigenvalue weighted by Gasteiger charge is -2.41. The Morgan fingerprint density at radius 1 is 1.24 bits per heavy atom. The third kappa shape index (κ3) is 3.01. The van der Waals surface area contributed by atoms with Crippen molar-refractivity contribution in [2.24, 2.45) is 5.73 Å². The van der Waals surface area contributed by atoms with Crippen molar-refractivity contribution in [3.8, 4) is 0 Å². The summed E-state index contributed by atoms with van der Waals surface area (Å²) >= 11 is 0. The van der Waals surface area contributed by atoms with Crippen LogP contribution >= 0.6 is 0 Å². The molecule has 0 aliphatic carbocycles. The number of hydrogen-bond acceptors (Lipinski definition) is 5. The van der Waals surface area contributed by atoms with Crippen LogP contribution in [-0.2, 0) is 4.84 Å². The maximum atomic E-state index is 12.4. The zero-order valence-corrected chi connectivity index (χ0v) is 14.9. The van der Waals surface area contributed by atoms with Crippen molar-refractivity contribution in [1.82, 2.24) is 15.3 Å². The number of fused-ring (bicyclic) bond motifs is 2. The van der Waals surface area contributed by atoms with E-state index in [9.17, 15) is 4.79 Å². The van der Waals surface area contributed by atoms with Crippen molar-refractivity contribution in [1.29, 1.82) is 0 Å². The molecule has 2 amide bonds. The molecule has 0 spiro atoms. The van der Waals surface area contributed by atoms with E-state index in [1.165, 1.54) is 12.8 Å². The highest BCUT2D eigenvalue weighted by Gasteiger charge is 2.42. The molecule has 4 rings (SSSR count). The average Bonchev–Trinajstić information content (AvgIpc) is 3.08. The Balaban J connectivity index is 1.65. The molecule has 0 saturated carbocycles. The van der Waals surface area contributed by atoms with Crippen molar-refractivity contribution >= 4 is 11.7 Å². The van der Waals surface area contributed by atoms with Crippen molar-refractivity contribution in [2.75, 3.05) is 25.7 Å². The standard InChI is InChI=1S/C18H27N5O2/c1-21-11-20-17(25-21)15-5-3-4-6-16(15)23(18(19)24)14-9-12-7-8-13(10-14)22(12)2/h3-6,12-14,17,20H,7-11H2,1-2H3,(H2,19,24)/t12-,13+,14+,17?. The van der Waals surface area contributed by atoms with Gasteiger partial charge in [-0.25, -0.2) is 4.79 Å². The normalized spacial score (nSPS) is 32.9. The molecule has 0 radical (unpaired) electrons. The summed E-state index contributed by atoms with van der Waals surface area (Å²) in [5.41, 5.74) is 7.66. The van der Waals surface area contributed by atoms with Crippen LogP contribution in [-0.4, -0.2) is 54.9 Å². The number of primary amides is 1. The van der Waals surface area contributed by atoms with E-state index >= 15 is 0 Å². The van der Waals surface area contributed by atoms with Gasteiger partial charge in [0, 0.05) is 30.7 Å². The second-order valence-corrected chi connectivity index (χ2v) is 7.42. The van der Waals surface area contributed by atoms with Gasteiger partial charge in [-0.15, -0.1) is 0 Å². The first-order valence-corrected chi connectivity index (χ1v) is 9.05. The van der Waals surface area contributed by atoms with E-state index in [0.29, 0.717) is 18.8 Å². The lowest BCUT2D eigenvalue weighted by Crippen LogP contribution is -2.52. The van der Waals surface area contributed by atoms with Gasteiger partial charge in [0.1, 0.15) is 0 Å². The van der Waals surface area contributed by atoms with Crippen molar-refractivity contribution < 1.29 is 9.63 Å². The Labute approximate surface area is 148 Å². The minimum absolute atomic E-state index is 0.145. The highest BCUT2D eigenvalue weighted by Crippen LogP contribution is 2.39. The first-order chi connectivity index (χ1) is 12.0. The maximum absolute atomic E-state index is 12.4. The number of amides is 2. The summed E-state index contributed by atoms with van der Waals surface area (Å²) in [6, 6.07) is 8.76. The fourth-order valence-electron chi connectivity index (χ4n) is 4.65. The van der Waals surface area contributed by atoms with Crippen LogP contribution in [0.5, 0.6) is 0 Å². The fraction of sp³-hybridized carbons (Fsp3) is 0.611. The predicted octanol–water partition coefficient (Wildman–Crippen LogP) is 1.62. The van der Waals surface area contributed by atoms with E-state index in [0.717, 1.165) is 24.1 Å². The summed E-state index contributed by atoms with van der Waals surface area (Å²) in [7, 11) is 4.09. The average molecular weight is 345 g/mol. The van der Waals surface area contributed by atoms with Gasteiger partial charge in [0.05, 0.1) is 12.4 Å². The molecule has 3 aliphatic heterocycles. The van der Waals surface area contributed by atoms with E-state index in [2.05, 4.69) is 17.3 Å². The number of urea groups is 1. The SMILES string of the molecule is CN1CNC(c2ccccc2N(C(N)=O)[C@H]2C[C@H]3CC[C@@H](C2)N3C)O1. The molecule has 1 aromatic carbocycles. The third-order valence-corrected chi connectivity index (χ3v) is 5.94. The topological polar surface area (TPSA) is 74.1 Å². The molecule has 3 aliphatic rings. The van der Waals surface area contributed by atoms with Gasteiger partial charge in [0.15, 0.2) is 6.23 Å². The number of nitrogens with one attached hydrogen (secondary N) is 1. The van der Waals surface area contributed by atoms with Crippen LogP contribution in [0.25, 0.3) is 0 Å². The molecular formula is C18H27N5O2. The molecule has 3 heterocycles. The summed E-state index contributed by atoms with van der Waals surface area (Å²) in [5, 5.41) is 5.07. The smallest absolute Gasteiger partial charge is 0.319 e. The Morgan fingerprint density at radius 3 is 2.52 bits per heavy atom. The van der Waals surface area contributed by atoms with Gasteiger partial charge in [-0.05, 0) is 38.8 Å². The number of nitrogens with two attached hydrogens (primary N) is 1. The van der Waals surface area contributed by atoms with Crippen LogP contribution in [0, 0.1) is 0 Å². The minimum Gasteiger partial charge on any atom is -0.351 e. The summed E-state index contributed by atoms with van der Waals surface area (Å²) in [6.07, 6.45) is 4.12. The largest absolute Gasteiger partial charge is 0.351 e. The zero-order chi connectivity index (χ0) is 17.6. The molecule has 3 fully saturated rings. The lowest BCUT2D eigenvalue weighted by atomic mass is 9.95. The molecule has 3 saturated heterocycles. The quantitative estimate of drug-likeness (QED) is 0.871. The van der Waals surface area contributed by atoms with E-state index in [1.54, 1.807) is 9.96 Å². The molecule has 7 nitrogen and oxygen atoms in total. The van der Waals surface area contributed by atoms with E-state index in [1.807, 2.05) is 31.3 Å². The monoisotopic (exact) mass is 345 g/mol. The molecule has 0 aromatic heterocycles. The molecule has 136 valence electrons. The Kier molecular flexibility index (Phi) is 4.41. The Hall–Kier alpha value is -1.67. The number of para-hydroxylation sites is 1. The van der Waals surface area contributed by atoms with Gasteiger partial charge in [0.2, 0.25) is 0 Å². The Bertz CT molecular complexity index is 640. The number of anilines is 1. The van der Waals surface area contributed by atoms with Crippen LogP contribution in [0.15, 0.2) is 24.3 Å². The molecule has 1 unspecified atom stereocenters. The van der Waals surface area contributed by atoms with Crippen LogP contribution in [0.3, 0.4) is 0 Å². The number of nitrogens with zero attached hydrogens (tertiary/aromatic N) is 3. The molecule has 7 heteroatoms. The third-order valence-electron chi connectivity index (χ3n) is 5.94. The first kappa shape index (κ1) is 16.8. The maximum Gasteiger partial charge on any atom is 0.319 e.